The second-order valence-corrected chi connectivity index (χ2v) is 8.33. The fourth-order valence-corrected chi connectivity index (χ4v) is 3.42. The van der Waals surface area contributed by atoms with Gasteiger partial charge >= 0.3 is 14.6 Å². The van der Waals surface area contributed by atoms with Crippen molar-refractivity contribution in [3.63, 3.8) is 0 Å². The van der Waals surface area contributed by atoms with Gasteiger partial charge in [0, 0.05) is 12.9 Å². The molecule has 0 saturated heterocycles. The molecule has 0 radical (unpaired) electrons. The predicted octanol–water partition coefficient (Wildman–Crippen LogP) is 1.33. The van der Waals surface area contributed by atoms with Gasteiger partial charge in [0.25, 0.3) is 0 Å². The van der Waals surface area contributed by atoms with Crippen molar-refractivity contribution in [1.82, 2.24) is 0 Å². The lowest BCUT2D eigenvalue weighted by Gasteiger charge is -2.10. The van der Waals surface area contributed by atoms with Gasteiger partial charge in [-0.25, -0.2) is 9.13 Å². The Balaban J connectivity index is 3.54. The maximum atomic E-state index is 11.1. The Hall–Kier alpha value is 0.570. The Bertz CT molecular complexity index is 298. The highest BCUT2D eigenvalue weighted by Gasteiger charge is 2.20. The molecule has 0 aliphatic rings. The highest BCUT2D eigenvalue weighted by molar-refractivity contribution is 8.54. The third-order valence-electron chi connectivity index (χ3n) is 1.50. The second kappa shape index (κ2) is 8.63. The number of aliphatic hydroxyl groups excluding tert-OH is 1. The van der Waals surface area contributed by atoms with Gasteiger partial charge in [0.15, 0.2) is 6.79 Å². The minimum absolute atomic E-state index is 0.0127. The molecule has 0 amide bonds. The first-order valence-electron chi connectivity index (χ1n) is 4.59. The number of rotatable bonds is 10. The minimum Gasteiger partial charge on any atom is -0.370 e. The van der Waals surface area contributed by atoms with Crippen LogP contribution in [0.2, 0.25) is 0 Å². The Morgan fingerprint density at radius 2 is 1.82 bits per heavy atom. The van der Waals surface area contributed by atoms with Crippen molar-refractivity contribution in [2.75, 3.05) is 26.3 Å². The molecule has 0 heterocycles. The molecule has 0 aliphatic carbocycles. The van der Waals surface area contributed by atoms with E-state index in [9.17, 15) is 9.13 Å². The Kier molecular flexibility index (Phi) is 8.92. The van der Waals surface area contributed by atoms with Crippen molar-refractivity contribution < 1.29 is 37.6 Å². The van der Waals surface area contributed by atoms with Crippen molar-refractivity contribution in [2.24, 2.45) is 0 Å². The first-order valence-corrected chi connectivity index (χ1v) is 9.25. The first kappa shape index (κ1) is 17.6. The topological polar surface area (TPSA) is 123 Å². The summed E-state index contributed by atoms with van der Waals surface area (Å²) in [5.74, 6) is 0.305. The molecule has 0 aromatic rings. The van der Waals surface area contributed by atoms with Gasteiger partial charge in [-0.05, 0) is 24.2 Å². The van der Waals surface area contributed by atoms with Crippen molar-refractivity contribution in [1.29, 1.82) is 0 Å². The number of phosphoric acid groups is 1. The van der Waals surface area contributed by atoms with Gasteiger partial charge < -0.3 is 14.9 Å². The van der Waals surface area contributed by atoms with Crippen molar-refractivity contribution in [2.45, 2.75) is 12.8 Å². The number of phosphoric ester groups is 1. The minimum atomic E-state index is -3.93. The van der Waals surface area contributed by atoms with E-state index in [4.69, 9.17) is 14.9 Å². The van der Waals surface area contributed by atoms with E-state index in [0.717, 1.165) is 7.11 Å². The molecule has 0 bridgehead atoms. The zero-order chi connectivity index (χ0) is 13.4. The molecular weight excluding hydrogens is 294 g/mol. The third kappa shape index (κ3) is 10.2. The summed E-state index contributed by atoms with van der Waals surface area (Å²) in [7, 11) is -2.87. The molecule has 2 unspecified atom stereocenters. The molecule has 104 valence electrons. The fraction of sp³-hybridized carbons (Fsp3) is 1.00. The van der Waals surface area contributed by atoms with Crippen LogP contribution in [0.1, 0.15) is 12.8 Å². The Morgan fingerprint density at radius 3 is 2.35 bits per heavy atom. The normalized spacial score (nSPS) is 18.6. The van der Waals surface area contributed by atoms with Crippen LogP contribution in [0.3, 0.4) is 0 Å². The van der Waals surface area contributed by atoms with E-state index in [0.29, 0.717) is 30.0 Å². The van der Waals surface area contributed by atoms with Crippen LogP contribution in [0.15, 0.2) is 0 Å². The number of aliphatic hydroxyl groups is 1. The zero-order valence-corrected chi connectivity index (χ0v) is 11.8. The van der Waals surface area contributed by atoms with Gasteiger partial charge in [-0.1, -0.05) is 0 Å². The average molecular weight is 310 g/mol. The quantitative estimate of drug-likeness (QED) is 0.311. The number of unbranched alkanes of at least 4 members (excludes halogenated alkanes) is 1. The lowest BCUT2D eigenvalue weighted by molar-refractivity contribution is 0.0923. The summed E-state index contributed by atoms with van der Waals surface area (Å²) in [6.45, 7) is -4.58. The van der Waals surface area contributed by atoms with Crippen LogP contribution < -0.4 is 0 Å². The highest BCUT2D eigenvalue weighted by atomic mass is 32.7. The molecule has 2 atom stereocenters. The van der Waals surface area contributed by atoms with E-state index in [1.807, 2.05) is 0 Å². The van der Waals surface area contributed by atoms with E-state index < -0.39 is 21.4 Å². The van der Waals surface area contributed by atoms with Crippen LogP contribution in [0.4, 0.5) is 0 Å². The van der Waals surface area contributed by atoms with E-state index in [1.165, 1.54) is 0 Å². The monoisotopic (exact) mass is 310 g/mol. The van der Waals surface area contributed by atoms with Crippen LogP contribution in [-0.2, 0) is 22.7 Å². The first-order chi connectivity index (χ1) is 7.83. The van der Waals surface area contributed by atoms with Crippen LogP contribution in [0.5, 0.6) is 0 Å². The van der Waals surface area contributed by atoms with Crippen LogP contribution in [0, 0.1) is 0 Å². The van der Waals surface area contributed by atoms with Crippen molar-refractivity contribution >= 4 is 26.0 Å². The summed E-state index contributed by atoms with van der Waals surface area (Å²) in [4.78, 5) is 17.9. The third-order valence-corrected chi connectivity index (χ3v) is 5.55. The molecule has 0 aromatic carbocycles. The van der Waals surface area contributed by atoms with Gasteiger partial charge in [0.2, 0.25) is 0 Å². The van der Waals surface area contributed by atoms with E-state index >= 15 is 0 Å². The smallest absolute Gasteiger partial charge is 0.370 e. The van der Waals surface area contributed by atoms with Crippen LogP contribution in [-0.4, -0.2) is 41.2 Å². The molecule has 0 spiro atoms. The second-order valence-electron chi connectivity index (χ2n) is 2.75. The van der Waals surface area contributed by atoms with E-state index in [2.05, 4.69) is 13.6 Å². The maximum Gasteiger partial charge on any atom is 0.471 e. The molecule has 0 aromatic heterocycles. The SMILES string of the molecule is COP(=O)(O)OCCCCSP(=O)(O)OCO. The summed E-state index contributed by atoms with van der Waals surface area (Å²) >= 11 is 0.678. The number of hydrogen-bond acceptors (Lipinski definition) is 7. The molecule has 0 fully saturated rings. The van der Waals surface area contributed by atoms with Crippen LogP contribution >= 0.6 is 26.0 Å². The summed E-state index contributed by atoms with van der Waals surface area (Å²) < 4.78 is 34.8. The largest absolute Gasteiger partial charge is 0.471 e. The van der Waals surface area contributed by atoms with E-state index in [-0.39, 0.29) is 6.61 Å². The molecule has 8 nitrogen and oxygen atoms in total. The summed E-state index contributed by atoms with van der Waals surface area (Å²) in [6.07, 6.45) is 0.924. The molecular formula is C6H16O8P2S. The average Bonchev–Trinajstić information content (AvgIpc) is 2.23. The lowest BCUT2D eigenvalue weighted by atomic mass is 10.4. The van der Waals surface area contributed by atoms with E-state index in [1.54, 1.807) is 0 Å². The fourth-order valence-electron chi connectivity index (χ4n) is 0.727. The lowest BCUT2D eigenvalue weighted by Crippen LogP contribution is -1.95. The molecule has 11 heteroatoms. The Morgan fingerprint density at radius 1 is 1.18 bits per heavy atom. The zero-order valence-electron chi connectivity index (χ0n) is 9.22. The Labute approximate surface area is 103 Å². The van der Waals surface area contributed by atoms with Gasteiger partial charge in [0.05, 0.1) is 6.61 Å². The van der Waals surface area contributed by atoms with Gasteiger partial charge in [0.1, 0.15) is 0 Å². The summed E-state index contributed by atoms with van der Waals surface area (Å²) in [5.41, 5.74) is 0. The number of hydrogen-bond donors (Lipinski definition) is 3. The van der Waals surface area contributed by atoms with Gasteiger partial charge in [-0.15, -0.1) is 0 Å². The van der Waals surface area contributed by atoms with Gasteiger partial charge in [-0.3, -0.25) is 13.6 Å². The van der Waals surface area contributed by atoms with Crippen LogP contribution in [0.25, 0.3) is 0 Å². The van der Waals surface area contributed by atoms with Crippen molar-refractivity contribution in [3.8, 4) is 0 Å². The summed E-state index contributed by atoms with van der Waals surface area (Å²) in [5, 5.41) is 8.30. The molecule has 0 saturated carbocycles. The molecule has 17 heavy (non-hydrogen) atoms. The summed E-state index contributed by atoms with van der Waals surface area (Å²) in [6, 6.07) is 0. The standard InChI is InChI=1S/C6H16O8P2S/c1-12-15(8,9)13-4-2-3-5-17-16(10,11)14-6-7/h7H,2-6H2,1H3,(H,8,9)(H,10,11). The van der Waals surface area contributed by atoms with Crippen molar-refractivity contribution in [3.05, 3.63) is 0 Å². The predicted molar refractivity (Wildman–Crippen MR) is 62.5 cm³/mol. The maximum absolute atomic E-state index is 11.1. The van der Waals surface area contributed by atoms with Gasteiger partial charge in [-0.2, -0.15) is 0 Å². The molecule has 0 aliphatic heterocycles. The molecule has 0 rings (SSSR count). The molecule has 3 N–H and O–H groups in total. The highest BCUT2D eigenvalue weighted by Crippen LogP contribution is 2.55.